The topological polar surface area (TPSA) is 101 Å². The molecule has 2 atom stereocenters. The number of hydrogen-bond acceptors (Lipinski definition) is 7. The van der Waals surface area contributed by atoms with Gasteiger partial charge in [0.2, 0.25) is 11.8 Å². The van der Waals surface area contributed by atoms with Crippen LogP contribution in [0, 0.1) is 11.7 Å². The number of nitrogens with zero attached hydrogens (tertiary/aromatic N) is 5. The Kier molecular flexibility index (Phi) is 10.1. The zero-order chi connectivity index (χ0) is 31.9. The number of nitrogens with one attached hydrogen (secondary N) is 1. The monoisotopic (exact) mass is 610 g/mol. The summed E-state index contributed by atoms with van der Waals surface area (Å²) in [5, 5.41) is 3.02. The second kappa shape index (κ2) is 14.4. The van der Waals surface area contributed by atoms with Gasteiger partial charge >= 0.3 is 0 Å². The van der Waals surface area contributed by atoms with E-state index in [-0.39, 0.29) is 36.9 Å². The summed E-state index contributed by atoms with van der Waals surface area (Å²) in [5.41, 5.74) is 3.10. The van der Waals surface area contributed by atoms with E-state index in [2.05, 4.69) is 20.3 Å². The Morgan fingerprint density at radius 2 is 1.76 bits per heavy atom. The average Bonchev–Trinajstić information content (AvgIpc) is 3.05. The molecule has 2 aromatic heterocycles. The van der Waals surface area contributed by atoms with Crippen LogP contribution in [0.15, 0.2) is 79.3 Å². The fourth-order valence-electron chi connectivity index (χ4n) is 5.53. The number of aryl methyl sites for hydroxylation is 1. The Labute approximate surface area is 263 Å². The molecule has 2 amide bonds. The average molecular weight is 611 g/mol. The maximum Gasteiger partial charge on any atom is 0.244 e. The van der Waals surface area contributed by atoms with Gasteiger partial charge in [0, 0.05) is 67.4 Å². The van der Waals surface area contributed by atoms with Crippen molar-refractivity contribution in [2.24, 2.45) is 5.92 Å². The molecule has 0 aliphatic carbocycles. The summed E-state index contributed by atoms with van der Waals surface area (Å²) in [6.45, 7) is 8.85. The molecule has 1 N–H and O–H groups in total. The van der Waals surface area contributed by atoms with E-state index in [9.17, 15) is 9.59 Å². The van der Waals surface area contributed by atoms with Gasteiger partial charge in [-0.05, 0) is 49.2 Å². The van der Waals surface area contributed by atoms with Gasteiger partial charge in [-0.2, -0.15) is 0 Å². The van der Waals surface area contributed by atoms with Crippen LogP contribution in [0.3, 0.4) is 0 Å². The van der Waals surface area contributed by atoms with E-state index in [0.29, 0.717) is 36.0 Å². The number of rotatable bonds is 10. The van der Waals surface area contributed by atoms with Crippen LogP contribution in [0.5, 0.6) is 11.5 Å². The summed E-state index contributed by atoms with van der Waals surface area (Å²) in [7, 11) is 0. The van der Waals surface area contributed by atoms with Crippen molar-refractivity contribution in [1.29, 1.82) is 0 Å². The molecule has 9 nitrogen and oxygen atoms in total. The van der Waals surface area contributed by atoms with Crippen molar-refractivity contribution in [3.8, 4) is 22.9 Å². The van der Waals surface area contributed by atoms with Crippen LogP contribution in [0.25, 0.3) is 11.4 Å². The molecule has 0 spiro atoms. The largest absolute Gasteiger partial charge is 0.455 e. The standard InChI is InChI=1S/C35H39FN6O3/c1-5-27-14-15-28(19-39-27)45-32-9-6-8-30(36)29(32)21-41-20-24(4)42(35(44)23(2)3)31(22-41)34(43)40-18-25-10-12-26(13-11-25)33-37-16-7-17-38-33/h6-17,19,23-24,31H,5,18,20-22H2,1-4H3,(H,40,43)/t24-,31-/m1/s1. The first-order valence-corrected chi connectivity index (χ1v) is 15.3. The van der Waals surface area contributed by atoms with Crippen LogP contribution in [0.1, 0.15) is 44.5 Å². The lowest BCUT2D eigenvalue weighted by Gasteiger charge is -2.45. The maximum atomic E-state index is 15.3. The molecule has 0 saturated carbocycles. The Balaban J connectivity index is 1.31. The van der Waals surface area contributed by atoms with Gasteiger partial charge in [-0.25, -0.2) is 14.4 Å². The summed E-state index contributed by atoms with van der Waals surface area (Å²) >= 11 is 0. The summed E-state index contributed by atoms with van der Waals surface area (Å²) in [5.74, 6) is 0.504. The normalized spacial score (nSPS) is 16.9. The minimum Gasteiger partial charge on any atom is -0.455 e. The highest BCUT2D eigenvalue weighted by molar-refractivity contribution is 5.89. The van der Waals surface area contributed by atoms with Crippen molar-refractivity contribution in [3.05, 3.63) is 102 Å². The molecular weight excluding hydrogens is 571 g/mol. The first-order valence-electron chi connectivity index (χ1n) is 15.3. The third kappa shape index (κ3) is 7.69. The van der Waals surface area contributed by atoms with Gasteiger partial charge in [0.15, 0.2) is 5.82 Å². The van der Waals surface area contributed by atoms with Crippen molar-refractivity contribution in [2.45, 2.75) is 59.3 Å². The second-order valence-electron chi connectivity index (χ2n) is 11.6. The third-order valence-corrected chi connectivity index (χ3v) is 7.91. The van der Waals surface area contributed by atoms with E-state index in [1.54, 1.807) is 41.7 Å². The van der Waals surface area contributed by atoms with Crippen molar-refractivity contribution in [2.75, 3.05) is 13.1 Å². The van der Waals surface area contributed by atoms with Gasteiger partial charge in [0.25, 0.3) is 0 Å². The van der Waals surface area contributed by atoms with E-state index < -0.39 is 11.9 Å². The number of carbonyl (C=O) groups excluding carboxylic acids is 2. The van der Waals surface area contributed by atoms with Gasteiger partial charge < -0.3 is 15.0 Å². The van der Waals surface area contributed by atoms with E-state index in [1.807, 2.05) is 69.0 Å². The number of hydrogen-bond donors (Lipinski definition) is 1. The first-order chi connectivity index (χ1) is 21.7. The number of carbonyl (C=O) groups is 2. The Morgan fingerprint density at radius 1 is 1.00 bits per heavy atom. The summed E-state index contributed by atoms with van der Waals surface area (Å²) in [6.07, 6.45) is 5.82. The minimum atomic E-state index is -0.748. The molecule has 0 bridgehead atoms. The molecule has 1 fully saturated rings. The molecule has 4 aromatic rings. The highest BCUT2D eigenvalue weighted by Crippen LogP contribution is 2.30. The maximum absolute atomic E-state index is 15.3. The SMILES string of the molecule is CCc1ccc(Oc2cccc(F)c2CN2C[C@@H](C)N(C(=O)C(C)C)[C@@H](C(=O)NCc3ccc(-c4ncccn4)cc3)C2)cn1. The molecular formula is C35H39FN6O3. The second-order valence-corrected chi connectivity index (χ2v) is 11.6. The molecule has 10 heteroatoms. The highest BCUT2D eigenvalue weighted by atomic mass is 19.1. The number of aromatic nitrogens is 3. The van der Waals surface area contributed by atoms with Crippen LogP contribution in [0.4, 0.5) is 4.39 Å². The summed E-state index contributed by atoms with van der Waals surface area (Å²) < 4.78 is 21.3. The third-order valence-electron chi connectivity index (χ3n) is 7.91. The van der Waals surface area contributed by atoms with E-state index in [1.165, 1.54) is 6.07 Å². The van der Waals surface area contributed by atoms with Gasteiger partial charge in [-0.1, -0.05) is 51.1 Å². The van der Waals surface area contributed by atoms with Crippen LogP contribution in [0.2, 0.25) is 0 Å². The number of amides is 2. The lowest BCUT2D eigenvalue weighted by atomic mass is 10.0. The smallest absolute Gasteiger partial charge is 0.244 e. The fourth-order valence-corrected chi connectivity index (χ4v) is 5.53. The molecule has 45 heavy (non-hydrogen) atoms. The van der Waals surface area contributed by atoms with Crippen LogP contribution in [-0.2, 0) is 29.1 Å². The molecule has 0 unspecified atom stereocenters. The van der Waals surface area contributed by atoms with Gasteiger partial charge in [-0.3, -0.25) is 19.5 Å². The first kappa shape index (κ1) is 31.7. The zero-order valence-electron chi connectivity index (χ0n) is 26.1. The van der Waals surface area contributed by atoms with Gasteiger partial charge in [-0.15, -0.1) is 0 Å². The van der Waals surface area contributed by atoms with Crippen molar-refractivity contribution < 1.29 is 18.7 Å². The number of halogens is 1. The van der Waals surface area contributed by atoms with E-state index >= 15 is 4.39 Å². The molecule has 1 aliphatic rings. The molecule has 1 saturated heterocycles. The van der Waals surface area contributed by atoms with E-state index in [0.717, 1.165) is 23.2 Å². The molecule has 5 rings (SSSR count). The van der Waals surface area contributed by atoms with Crippen molar-refractivity contribution >= 4 is 11.8 Å². The van der Waals surface area contributed by atoms with E-state index in [4.69, 9.17) is 4.74 Å². The van der Waals surface area contributed by atoms with Crippen LogP contribution >= 0.6 is 0 Å². The Hall–Kier alpha value is -4.70. The van der Waals surface area contributed by atoms with Crippen molar-refractivity contribution in [1.82, 2.24) is 30.1 Å². The zero-order valence-corrected chi connectivity index (χ0v) is 26.1. The van der Waals surface area contributed by atoms with Crippen LogP contribution < -0.4 is 10.1 Å². The predicted molar refractivity (Wildman–Crippen MR) is 170 cm³/mol. The van der Waals surface area contributed by atoms with Gasteiger partial charge in [0.05, 0.1) is 6.20 Å². The van der Waals surface area contributed by atoms with Crippen molar-refractivity contribution in [3.63, 3.8) is 0 Å². The summed E-state index contributed by atoms with van der Waals surface area (Å²) in [6, 6.07) is 16.9. The number of benzene rings is 2. The molecule has 234 valence electrons. The highest BCUT2D eigenvalue weighted by Gasteiger charge is 2.40. The molecule has 2 aromatic carbocycles. The summed E-state index contributed by atoms with van der Waals surface area (Å²) in [4.78, 5) is 43.7. The lowest BCUT2D eigenvalue weighted by molar-refractivity contribution is -0.150. The number of piperazine rings is 1. The van der Waals surface area contributed by atoms with Gasteiger partial charge in [0.1, 0.15) is 23.4 Å². The fraction of sp³-hybridized carbons (Fsp3) is 0.343. The lowest BCUT2D eigenvalue weighted by Crippen LogP contribution is -2.64. The number of pyridine rings is 1. The molecule has 1 aliphatic heterocycles. The van der Waals surface area contributed by atoms with Crippen LogP contribution in [-0.4, -0.2) is 61.7 Å². The Morgan fingerprint density at radius 3 is 2.42 bits per heavy atom. The number of ether oxygens (including phenoxy) is 1. The quantitative estimate of drug-likeness (QED) is 0.256. The Bertz CT molecular complexity index is 1600. The molecule has 3 heterocycles. The minimum absolute atomic E-state index is 0.0903. The molecule has 0 radical (unpaired) electrons. The predicted octanol–water partition coefficient (Wildman–Crippen LogP) is 5.41.